The molecule has 0 bridgehead atoms. The molecule has 0 amide bonds. The first-order valence-corrected chi connectivity index (χ1v) is 7.89. The SMILES string of the molecule is Fc1ccc(C2OC2(CBr)c2ccc(Cl)cc2)c(Cl)c1. The number of hydrogen-bond donors (Lipinski definition) is 0. The summed E-state index contributed by atoms with van der Waals surface area (Å²) in [7, 11) is 0. The topological polar surface area (TPSA) is 12.5 Å². The standard InChI is InChI=1S/C15H10BrCl2FO/c16-8-15(9-1-3-10(17)4-2-9)14(20-15)12-6-5-11(19)7-13(12)18/h1-7,14H,8H2. The fourth-order valence-corrected chi connectivity index (χ4v) is 3.48. The fourth-order valence-electron chi connectivity index (χ4n) is 2.34. The summed E-state index contributed by atoms with van der Waals surface area (Å²) in [6.45, 7) is 0. The molecule has 0 saturated carbocycles. The van der Waals surface area contributed by atoms with Gasteiger partial charge in [-0.2, -0.15) is 0 Å². The van der Waals surface area contributed by atoms with E-state index < -0.39 is 5.60 Å². The highest BCUT2D eigenvalue weighted by atomic mass is 79.9. The van der Waals surface area contributed by atoms with Crippen LogP contribution in [0.25, 0.3) is 0 Å². The van der Waals surface area contributed by atoms with E-state index in [1.165, 1.54) is 12.1 Å². The van der Waals surface area contributed by atoms with Crippen molar-refractivity contribution in [3.8, 4) is 0 Å². The molecule has 5 heteroatoms. The highest BCUT2D eigenvalue weighted by Crippen LogP contribution is 2.59. The molecule has 1 nitrogen and oxygen atoms in total. The van der Waals surface area contributed by atoms with Gasteiger partial charge in [-0.15, -0.1) is 0 Å². The van der Waals surface area contributed by atoms with E-state index in [0.29, 0.717) is 15.4 Å². The summed E-state index contributed by atoms with van der Waals surface area (Å²) in [4.78, 5) is 0. The predicted octanol–water partition coefficient (Wildman–Crippen LogP) is 5.49. The molecule has 1 heterocycles. The maximum absolute atomic E-state index is 13.1. The molecule has 0 N–H and O–H groups in total. The van der Waals surface area contributed by atoms with Crippen molar-refractivity contribution in [2.75, 3.05) is 5.33 Å². The summed E-state index contributed by atoms with van der Waals surface area (Å²) >= 11 is 15.5. The van der Waals surface area contributed by atoms with Gasteiger partial charge >= 0.3 is 0 Å². The third-order valence-electron chi connectivity index (χ3n) is 3.47. The van der Waals surface area contributed by atoms with Gasteiger partial charge in [0.25, 0.3) is 0 Å². The van der Waals surface area contributed by atoms with Gasteiger partial charge < -0.3 is 4.74 Å². The summed E-state index contributed by atoms with van der Waals surface area (Å²) in [6.07, 6.45) is -0.184. The Morgan fingerprint density at radius 2 is 1.85 bits per heavy atom. The molecule has 2 aromatic rings. The van der Waals surface area contributed by atoms with Crippen LogP contribution in [0, 0.1) is 5.82 Å². The molecular weight excluding hydrogens is 366 g/mol. The van der Waals surface area contributed by atoms with E-state index in [1.807, 2.05) is 24.3 Å². The zero-order valence-electron chi connectivity index (χ0n) is 10.2. The Morgan fingerprint density at radius 1 is 1.15 bits per heavy atom. The minimum atomic E-state index is -0.466. The Balaban J connectivity index is 1.96. The molecule has 0 aromatic heterocycles. The molecule has 1 aliphatic rings. The number of hydrogen-bond acceptors (Lipinski definition) is 1. The number of ether oxygens (including phenoxy) is 1. The third-order valence-corrected chi connectivity index (χ3v) is 4.88. The molecule has 1 saturated heterocycles. The van der Waals surface area contributed by atoms with E-state index in [4.69, 9.17) is 27.9 Å². The summed E-state index contributed by atoms with van der Waals surface area (Å²) in [6, 6.07) is 11.9. The van der Waals surface area contributed by atoms with Gasteiger partial charge in [-0.1, -0.05) is 57.3 Å². The normalized spacial score (nSPS) is 24.7. The number of rotatable bonds is 3. The van der Waals surface area contributed by atoms with Gasteiger partial charge in [0.15, 0.2) is 0 Å². The van der Waals surface area contributed by atoms with E-state index in [-0.39, 0.29) is 11.9 Å². The highest BCUT2D eigenvalue weighted by Gasteiger charge is 2.58. The molecule has 0 aliphatic carbocycles. The summed E-state index contributed by atoms with van der Waals surface area (Å²) in [5.74, 6) is -0.352. The molecule has 104 valence electrons. The summed E-state index contributed by atoms with van der Waals surface area (Å²) in [5.41, 5.74) is 1.35. The monoisotopic (exact) mass is 374 g/mol. The van der Waals surface area contributed by atoms with Crippen molar-refractivity contribution >= 4 is 39.1 Å². The molecule has 3 rings (SSSR count). The molecule has 0 radical (unpaired) electrons. The van der Waals surface area contributed by atoms with Crippen molar-refractivity contribution < 1.29 is 9.13 Å². The molecule has 20 heavy (non-hydrogen) atoms. The summed E-state index contributed by atoms with van der Waals surface area (Å²) in [5, 5.41) is 1.68. The Hall–Kier alpha value is -0.610. The Morgan fingerprint density at radius 3 is 2.45 bits per heavy atom. The number of benzene rings is 2. The van der Waals surface area contributed by atoms with E-state index in [1.54, 1.807) is 6.07 Å². The molecule has 1 aliphatic heterocycles. The first-order chi connectivity index (χ1) is 9.56. The summed E-state index contributed by atoms with van der Waals surface area (Å²) < 4.78 is 19.0. The third kappa shape index (κ3) is 2.37. The fraction of sp³-hybridized carbons (Fsp3) is 0.200. The maximum Gasteiger partial charge on any atom is 0.134 e. The van der Waals surface area contributed by atoms with Crippen molar-refractivity contribution in [1.82, 2.24) is 0 Å². The van der Waals surface area contributed by atoms with Gasteiger partial charge in [0, 0.05) is 20.9 Å². The lowest BCUT2D eigenvalue weighted by molar-refractivity contribution is 0.318. The van der Waals surface area contributed by atoms with Crippen molar-refractivity contribution in [3.63, 3.8) is 0 Å². The Labute approximate surface area is 134 Å². The van der Waals surface area contributed by atoms with Crippen LogP contribution in [-0.2, 0) is 10.3 Å². The van der Waals surface area contributed by atoms with Gasteiger partial charge in [0.1, 0.15) is 17.5 Å². The lowest BCUT2D eigenvalue weighted by Gasteiger charge is -2.11. The van der Waals surface area contributed by atoms with Crippen LogP contribution in [0.2, 0.25) is 10.0 Å². The molecule has 2 unspecified atom stereocenters. The van der Waals surface area contributed by atoms with Crippen molar-refractivity contribution in [1.29, 1.82) is 0 Å². The highest BCUT2D eigenvalue weighted by molar-refractivity contribution is 9.09. The van der Waals surface area contributed by atoms with Gasteiger partial charge in [0.2, 0.25) is 0 Å². The van der Waals surface area contributed by atoms with Gasteiger partial charge in [0.05, 0.1) is 0 Å². The van der Waals surface area contributed by atoms with E-state index in [2.05, 4.69) is 15.9 Å². The van der Waals surface area contributed by atoms with Crippen LogP contribution < -0.4 is 0 Å². The lowest BCUT2D eigenvalue weighted by atomic mass is 9.93. The van der Waals surface area contributed by atoms with Crippen LogP contribution in [0.5, 0.6) is 0 Å². The quantitative estimate of drug-likeness (QED) is 0.510. The van der Waals surface area contributed by atoms with E-state index in [9.17, 15) is 4.39 Å². The second kappa shape index (κ2) is 5.30. The molecule has 0 spiro atoms. The number of epoxide rings is 1. The smallest absolute Gasteiger partial charge is 0.134 e. The minimum Gasteiger partial charge on any atom is -0.355 e. The van der Waals surface area contributed by atoms with Crippen LogP contribution >= 0.6 is 39.1 Å². The number of alkyl halides is 1. The maximum atomic E-state index is 13.1. The van der Waals surface area contributed by atoms with Crippen molar-refractivity contribution in [2.24, 2.45) is 0 Å². The first-order valence-electron chi connectivity index (χ1n) is 6.01. The van der Waals surface area contributed by atoms with Gasteiger partial charge in [-0.05, 0) is 29.8 Å². The van der Waals surface area contributed by atoms with Crippen LogP contribution in [0.1, 0.15) is 17.2 Å². The second-order valence-electron chi connectivity index (χ2n) is 4.69. The first kappa shape index (κ1) is 14.3. The van der Waals surface area contributed by atoms with Crippen LogP contribution in [0.4, 0.5) is 4.39 Å². The largest absolute Gasteiger partial charge is 0.355 e. The average Bonchev–Trinajstić information content (AvgIpc) is 3.15. The molecular formula is C15H10BrCl2FO. The predicted molar refractivity (Wildman–Crippen MR) is 82.2 cm³/mol. The minimum absolute atomic E-state index is 0.184. The zero-order valence-corrected chi connectivity index (χ0v) is 13.3. The van der Waals surface area contributed by atoms with Crippen molar-refractivity contribution in [2.45, 2.75) is 11.7 Å². The van der Waals surface area contributed by atoms with Crippen LogP contribution in [-0.4, -0.2) is 5.33 Å². The van der Waals surface area contributed by atoms with Gasteiger partial charge in [-0.3, -0.25) is 0 Å². The second-order valence-corrected chi connectivity index (χ2v) is 6.10. The molecule has 1 fully saturated rings. The van der Waals surface area contributed by atoms with Crippen LogP contribution in [0.15, 0.2) is 42.5 Å². The Kier molecular flexibility index (Phi) is 3.80. The Bertz CT molecular complexity index is 647. The van der Waals surface area contributed by atoms with Crippen molar-refractivity contribution in [3.05, 3.63) is 69.5 Å². The molecule has 2 atom stereocenters. The lowest BCUT2D eigenvalue weighted by Crippen LogP contribution is -2.12. The van der Waals surface area contributed by atoms with Gasteiger partial charge in [-0.25, -0.2) is 4.39 Å². The zero-order chi connectivity index (χ0) is 14.3. The van der Waals surface area contributed by atoms with E-state index >= 15 is 0 Å². The van der Waals surface area contributed by atoms with E-state index in [0.717, 1.165) is 11.1 Å². The average molecular weight is 376 g/mol. The molecule has 2 aromatic carbocycles. The number of halogens is 4. The van der Waals surface area contributed by atoms with Crippen LogP contribution in [0.3, 0.4) is 0 Å².